The minimum atomic E-state index is -0.518. The van der Waals surface area contributed by atoms with E-state index in [9.17, 15) is 9.90 Å². The first-order valence-corrected chi connectivity index (χ1v) is 7.05. The highest BCUT2D eigenvalue weighted by Gasteiger charge is 2.32. The molecule has 118 valence electrons. The molecule has 2 atom stereocenters. The molecular formula is C14H27NO5. The summed E-state index contributed by atoms with van der Waals surface area (Å²) in [6.07, 6.45) is 0.319. The number of amides is 1. The normalized spacial score (nSPS) is 23.8. The maximum Gasteiger partial charge on any atom is 0.410 e. The Morgan fingerprint density at radius 2 is 2.00 bits per heavy atom. The summed E-state index contributed by atoms with van der Waals surface area (Å²) in [5, 5.41) is 9.35. The fraction of sp³-hybridized carbons (Fsp3) is 0.929. The van der Waals surface area contributed by atoms with Crippen molar-refractivity contribution in [2.24, 2.45) is 5.92 Å². The number of rotatable bonds is 5. The number of aliphatic hydroxyl groups excluding tert-OH is 1. The minimum Gasteiger partial charge on any atom is -0.444 e. The Labute approximate surface area is 121 Å². The molecule has 6 heteroatoms. The molecule has 0 radical (unpaired) electrons. The number of methoxy groups -OCH3 is 1. The molecule has 0 saturated carbocycles. The van der Waals surface area contributed by atoms with Crippen LogP contribution in [0.3, 0.4) is 0 Å². The van der Waals surface area contributed by atoms with Gasteiger partial charge in [-0.25, -0.2) is 4.79 Å². The third-order valence-electron chi connectivity index (χ3n) is 3.05. The van der Waals surface area contributed by atoms with Gasteiger partial charge in [-0.1, -0.05) is 0 Å². The lowest BCUT2D eigenvalue weighted by Gasteiger charge is -2.37. The van der Waals surface area contributed by atoms with E-state index in [-0.39, 0.29) is 24.7 Å². The van der Waals surface area contributed by atoms with Crippen molar-refractivity contribution in [3.8, 4) is 0 Å². The lowest BCUT2D eigenvalue weighted by Crippen LogP contribution is -2.49. The van der Waals surface area contributed by atoms with E-state index in [1.807, 2.05) is 20.8 Å². The van der Waals surface area contributed by atoms with Crippen LogP contribution in [0.4, 0.5) is 4.79 Å². The molecule has 20 heavy (non-hydrogen) atoms. The smallest absolute Gasteiger partial charge is 0.410 e. The van der Waals surface area contributed by atoms with Gasteiger partial charge in [0.2, 0.25) is 0 Å². The fourth-order valence-electron chi connectivity index (χ4n) is 2.18. The molecule has 6 nitrogen and oxygen atoms in total. The number of aliphatic hydroxyl groups is 1. The van der Waals surface area contributed by atoms with E-state index in [4.69, 9.17) is 14.2 Å². The van der Waals surface area contributed by atoms with Gasteiger partial charge in [-0.05, 0) is 27.2 Å². The predicted molar refractivity (Wildman–Crippen MR) is 74.6 cm³/mol. The van der Waals surface area contributed by atoms with Crippen molar-refractivity contribution in [1.82, 2.24) is 4.90 Å². The molecule has 1 amide bonds. The molecule has 1 saturated heterocycles. The Hall–Kier alpha value is -0.850. The molecule has 0 aromatic heterocycles. The molecule has 1 N–H and O–H groups in total. The first-order chi connectivity index (χ1) is 9.35. The van der Waals surface area contributed by atoms with E-state index >= 15 is 0 Å². The number of hydrogen-bond donors (Lipinski definition) is 1. The summed E-state index contributed by atoms with van der Waals surface area (Å²) in [4.78, 5) is 13.7. The van der Waals surface area contributed by atoms with Gasteiger partial charge >= 0.3 is 6.09 Å². The third kappa shape index (κ3) is 6.07. The van der Waals surface area contributed by atoms with E-state index in [1.165, 1.54) is 0 Å². The van der Waals surface area contributed by atoms with Crippen LogP contribution in [-0.4, -0.2) is 67.8 Å². The highest BCUT2D eigenvalue weighted by atomic mass is 16.6. The number of hydrogen-bond acceptors (Lipinski definition) is 5. The molecule has 0 aromatic carbocycles. The van der Waals surface area contributed by atoms with Crippen LogP contribution < -0.4 is 0 Å². The Morgan fingerprint density at radius 1 is 1.30 bits per heavy atom. The first kappa shape index (κ1) is 17.2. The number of carbonyl (C=O) groups excluding carboxylic acids is 1. The van der Waals surface area contributed by atoms with Crippen LogP contribution in [0.15, 0.2) is 0 Å². The molecule has 2 unspecified atom stereocenters. The molecule has 0 spiro atoms. The summed E-state index contributed by atoms with van der Waals surface area (Å²) in [7, 11) is 1.62. The average molecular weight is 289 g/mol. The van der Waals surface area contributed by atoms with Crippen molar-refractivity contribution in [2.75, 3.05) is 40.0 Å². The van der Waals surface area contributed by atoms with Gasteiger partial charge in [0.1, 0.15) is 5.60 Å². The van der Waals surface area contributed by atoms with E-state index < -0.39 is 5.60 Å². The van der Waals surface area contributed by atoms with Gasteiger partial charge in [0.25, 0.3) is 0 Å². The second kappa shape index (κ2) is 7.81. The highest BCUT2D eigenvalue weighted by Crippen LogP contribution is 2.21. The van der Waals surface area contributed by atoms with Crippen molar-refractivity contribution >= 4 is 6.09 Å². The predicted octanol–water partition coefficient (Wildman–Crippen LogP) is 1.27. The standard InChI is InChI=1S/C14H27NO5/c1-14(2,3)20-13(17)15-8-11(10-16)7-12(9-15)19-6-5-18-4/h11-12,16H,5-10H2,1-4H3. The van der Waals surface area contributed by atoms with Crippen molar-refractivity contribution in [2.45, 2.75) is 38.9 Å². The molecule has 0 bridgehead atoms. The van der Waals surface area contributed by atoms with E-state index in [0.717, 1.165) is 6.42 Å². The van der Waals surface area contributed by atoms with Crippen LogP contribution in [0.25, 0.3) is 0 Å². The molecule has 1 fully saturated rings. The van der Waals surface area contributed by atoms with Crippen LogP contribution in [0.2, 0.25) is 0 Å². The van der Waals surface area contributed by atoms with Crippen molar-refractivity contribution in [3.63, 3.8) is 0 Å². The van der Waals surface area contributed by atoms with Gasteiger partial charge in [-0.2, -0.15) is 0 Å². The number of piperidine rings is 1. The maximum absolute atomic E-state index is 12.1. The number of likely N-dealkylation sites (tertiary alicyclic amines) is 1. The summed E-state index contributed by atoms with van der Waals surface area (Å²) in [5.74, 6) is 0.0313. The lowest BCUT2D eigenvalue weighted by atomic mass is 9.97. The fourth-order valence-corrected chi connectivity index (χ4v) is 2.18. The number of carbonyl (C=O) groups is 1. The summed E-state index contributed by atoms with van der Waals surface area (Å²) in [5.41, 5.74) is -0.518. The quantitative estimate of drug-likeness (QED) is 0.772. The van der Waals surface area contributed by atoms with Gasteiger partial charge in [-0.3, -0.25) is 0 Å². The van der Waals surface area contributed by atoms with Crippen LogP contribution in [-0.2, 0) is 14.2 Å². The van der Waals surface area contributed by atoms with Gasteiger partial charge in [0.05, 0.1) is 25.9 Å². The Bertz CT molecular complexity index is 302. The Kier molecular flexibility index (Phi) is 6.71. The molecule has 1 heterocycles. The first-order valence-electron chi connectivity index (χ1n) is 7.05. The molecule has 0 aromatic rings. The van der Waals surface area contributed by atoms with Gasteiger partial charge in [0.15, 0.2) is 0 Å². The van der Waals surface area contributed by atoms with Gasteiger partial charge < -0.3 is 24.2 Å². The van der Waals surface area contributed by atoms with Crippen LogP contribution in [0, 0.1) is 5.92 Å². The lowest BCUT2D eigenvalue weighted by molar-refractivity contribution is -0.0506. The molecule has 1 rings (SSSR count). The Balaban J connectivity index is 2.54. The van der Waals surface area contributed by atoms with Crippen LogP contribution in [0.1, 0.15) is 27.2 Å². The molecule has 1 aliphatic heterocycles. The number of ether oxygens (including phenoxy) is 3. The number of nitrogens with zero attached hydrogens (tertiary/aromatic N) is 1. The van der Waals surface area contributed by atoms with Crippen molar-refractivity contribution < 1.29 is 24.1 Å². The Morgan fingerprint density at radius 3 is 2.55 bits per heavy atom. The van der Waals surface area contributed by atoms with Gasteiger partial charge in [0, 0.05) is 26.2 Å². The van der Waals surface area contributed by atoms with Crippen molar-refractivity contribution in [1.29, 1.82) is 0 Å². The van der Waals surface area contributed by atoms with E-state index in [2.05, 4.69) is 0 Å². The molecule has 1 aliphatic rings. The summed E-state index contributed by atoms with van der Waals surface area (Å²) in [6.45, 7) is 7.57. The largest absolute Gasteiger partial charge is 0.444 e. The topological polar surface area (TPSA) is 68.2 Å². The van der Waals surface area contributed by atoms with E-state index in [0.29, 0.717) is 26.3 Å². The zero-order valence-corrected chi connectivity index (χ0v) is 12.9. The second-order valence-electron chi connectivity index (χ2n) is 6.16. The van der Waals surface area contributed by atoms with Crippen molar-refractivity contribution in [3.05, 3.63) is 0 Å². The maximum atomic E-state index is 12.1. The van der Waals surface area contributed by atoms with Crippen LogP contribution >= 0.6 is 0 Å². The molecular weight excluding hydrogens is 262 g/mol. The zero-order valence-electron chi connectivity index (χ0n) is 12.9. The average Bonchev–Trinajstić information content (AvgIpc) is 2.36. The van der Waals surface area contributed by atoms with E-state index in [1.54, 1.807) is 12.0 Å². The monoisotopic (exact) mass is 289 g/mol. The van der Waals surface area contributed by atoms with Gasteiger partial charge in [-0.15, -0.1) is 0 Å². The minimum absolute atomic E-state index is 0.0313. The zero-order chi connectivity index (χ0) is 15.2. The third-order valence-corrected chi connectivity index (χ3v) is 3.05. The van der Waals surface area contributed by atoms with Crippen LogP contribution in [0.5, 0.6) is 0 Å². The SMILES string of the molecule is COCCOC1CC(CO)CN(C(=O)OC(C)(C)C)C1. The highest BCUT2D eigenvalue weighted by molar-refractivity contribution is 5.68. The summed E-state index contributed by atoms with van der Waals surface area (Å²) < 4.78 is 16.0. The molecule has 0 aliphatic carbocycles. The summed E-state index contributed by atoms with van der Waals surface area (Å²) >= 11 is 0. The summed E-state index contributed by atoms with van der Waals surface area (Å²) in [6, 6.07) is 0. The second-order valence-corrected chi connectivity index (χ2v) is 6.16.